The normalized spacial score (nSPS) is 20.6. The molecule has 1 aliphatic heterocycles. The Morgan fingerprint density at radius 3 is 2.42 bits per heavy atom. The molecule has 2 heterocycles. The Hall–Kier alpha value is -2.71. The molecule has 1 saturated heterocycles. The van der Waals surface area contributed by atoms with Gasteiger partial charge in [0.15, 0.2) is 0 Å². The van der Waals surface area contributed by atoms with Crippen LogP contribution >= 0.6 is 0 Å². The minimum absolute atomic E-state index is 0.0717. The van der Waals surface area contributed by atoms with Crippen molar-refractivity contribution in [1.82, 2.24) is 20.2 Å². The molecular weight excluding hydrogens is 451 g/mol. The van der Waals surface area contributed by atoms with Gasteiger partial charge in [0.25, 0.3) is 0 Å². The van der Waals surface area contributed by atoms with Crippen molar-refractivity contribution in [3.63, 3.8) is 0 Å². The predicted molar refractivity (Wildman–Crippen MR) is 109 cm³/mol. The topological polar surface area (TPSA) is 169 Å². The Bertz CT molecular complexity index is 878. The molecule has 11 nitrogen and oxygen atoms in total. The van der Waals surface area contributed by atoms with Gasteiger partial charge in [0, 0.05) is 31.3 Å². The number of halogens is 3. The van der Waals surface area contributed by atoms with Crippen LogP contribution < -0.4 is 22.1 Å². The maximum Gasteiger partial charge on any atom is 0.471 e. The average molecular weight is 479 g/mol. The van der Waals surface area contributed by atoms with Gasteiger partial charge in [0.1, 0.15) is 18.1 Å². The molecule has 0 aliphatic carbocycles. The third kappa shape index (κ3) is 7.98. The third-order valence-corrected chi connectivity index (χ3v) is 5.08. The van der Waals surface area contributed by atoms with Crippen LogP contribution in [0.15, 0.2) is 11.0 Å². The van der Waals surface area contributed by atoms with E-state index >= 15 is 0 Å². The largest absolute Gasteiger partial charge is 0.471 e. The first kappa shape index (κ1) is 26.5. The first-order chi connectivity index (χ1) is 15.5. The second-order valence-corrected chi connectivity index (χ2v) is 7.65. The van der Waals surface area contributed by atoms with Crippen LogP contribution in [0, 0.1) is 0 Å². The lowest BCUT2D eigenvalue weighted by molar-refractivity contribution is -0.173. The number of anilines is 1. The molecule has 0 spiro atoms. The number of hydrogen-bond acceptors (Lipinski definition) is 8. The molecule has 2 rings (SSSR count). The van der Waals surface area contributed by atoms with Crippen LogP contribution in [-0.2, 0) is 20.7 Å². The number of carbonyl (C=O) groups is 2. The number of nitrogens with one attached hydrogen (secondary N) is 2. The van der Waals surface area contributed by atoms with Crippen molar-refractivity contribution in [3.05, 3.63) is 22.2 Å². The number of unbranched alkanes of at least 4 members (excludes halogenated alkanes) is 3. The standard InChI is InChI=1S/C19H28F3N5O6/c20-19(21,22)17(31)25-6-4-2-1-3-5-24-14(30)7-11-9-27(18(32)26-16(11)23)15-8-12(29)13(10-28)33-15/h9,12-13,15,28-29H,1-8,10H2,(H,24,30)(H,25,31)(H2,23,26,32)/t12-,13+,15+/m0/s1. The fraction of sp³-hybridized carbons (Fsp3) is 0.684. The van der Waals surface area contributed by atoms with Crippen molar-refractivity contribution in [2.75, 3.05) is 25.4 Å². The maximum absolute atomic E-state index is 12.2. The molecule has 3 atom stereocenters. The van der Waals surface area contributed by atoms with Crippen LogP contribution in [0.4, 0.5) is 19.0 Å². The van der Waals surface area contributed by atoms with Crippen molar-refractivity contribution >= 4 is 17.6 Å². The van der Waals surface area contributed by atoms with Crippen LogP contribution in [0.3, 0.4) is 0 Å². The maximum atomic E-state index is 12.2. The molecule has 14 heteroatoms. The smallest absolute Gasteiger partial charge is 0.394 e. The lowest BCUT2D eigenvalue weighted by Crippen LogP contribution is -2.37. The lowest BCUT2D eigenvalue weighted by Gasteiger charge is -2.16. The van der Waals surface area contributed by atoms with E-state index in [0.717, 1.165) is 4.57 Å². The molecule has 1 aromatic heterocycles. The van der Waals surface area contributed by atoms with Gasteiger partial charge in [-0.05, 0) is 12.8 Å². The highest BCUT2D eigenvalue weighted by Crippen LogP contribution is 2.27. The molecule has 0 aromatic carbocycles. The minimum atomic E-state index is -4.89. The van der Waals surface area contributed by atoms with E-state index in [2.05, 4.69) is 10.3 Å². The fourth-order valence-corrected chi connectivity index (χ4v) is 3.28. The molecule has 1 fully saturated rings. The Morgan fingerprint density at radius 1 is 1.21 bits per heavy atom. The average Bonchev–Trinajstić information content (AvgIpc) is 3.11. The van der Waals surface area contributed by atoms with E-state index in [-0.39, 0.29) is 36.7 Å². The number of hydrogen-bond donors (Lipinski definition) is 5. The van der Waals surface area contributed by atoms with E-state index in [1.54, 1.807) is 5.32 Å². The van der Waals surface area contributed by atoms with Gasteiger partial charge < -0.3 is 31.3 Å². The van der Waals surface area contributed by atoms with Gasteiger partial charge in [-0.2, -0.15) is 18.2 Å². The summed E-state index contributed by atoms with van der Waals surface area (Å²) >= 11 is 0. The quantitative estimate of drug-likeness (QED) is 0.261. The molecule has 2 amide bonds. The molecule has 33 heavy (non-hydrogen) atoms. The number of nitrogens with zero attached hydrogens (tertiary/aromatic N) is 2. The van der Waals surface area contributed by atoms with Crippen molar-refractivity contribution in [2.24, 2.45) is 0 Å². The van der Waals surface area contributed by atoms with Crippen LogP contribution in [-0.4, -0.2) is 69.7 Å². The Labute approximate surface area is 187 Å². The Kier molecular flexibility index (Phi) is 9.61. The highest BCUT2D eigenvalue weighted by atomic mass is 19.4. The number of ether oxygens (including phenoxy) is 1. The van der Waals surface area contributed by atoms with Gasteiger partial charge >= 0.3 is 17.8 Å². The third-order valence-electron chi connectivity index (χ3n) is 5.08. The number of nitrogen functional groups attached to an aromatic ring is 1. The number of amides is 2. The first-order valence-electron chi connectivity index (χ1n) is 10.5. The lowest BCUT2D eigenvalue weighted by atomic mass is 10.1. The molecule has 6 N–H and O–H groups in total. The van der Waals surface area contributed by atoms with Crippen molar-refractivity contribution in [2.45, 2.75) is 63.1 Å². The van der Waals surface area contributed by atoms with Gasteiger partial charge in [-0.3, -0.25) is 14.2 Å². The molecule has 0 saturated carbocycles. The van der Waals surface area contributed by atoms with Crippen molar-refractivity contribution < 1.29 is 37.7 Å². The van der Waals surface area contributed by atoms with Crippen LogP contribution in [0.25, 0.3) is 0 Å². The van der Waals surface area contributed by atoms with Gasteiger partial charge in [-0.15, -0.1) is 0 Å². The summed E-state index contributed by atoms with van der Waals surface area (Å²) in [6.07, 6.45) is -4.05. The summed E-state index contributed by atoms with van der Waals surface area (Å²) in [6, 6.07) is 0. The van der Waals surface area contributed by atoms with Crippen LogP contribution in [0.2, 0.25) is 0 Å². The van der Waals surface area contributed by atoms with Crippen LogP contribution in [0.1, 0.15) is 43.9 Å². The summed E-state index contributed by atoms with van der Waals surface area (Å²) in [7, 11) is 0. The SMILES string of the molecule is Nc1nc(=O)n([C@H]2C[C@H](O)[C@@H](CO)O2)cc1CC(=O)NCCCCCCNC(=O)C(F)(F)F. The minimum Gasteiger partial charge on any atom is -0.394 e. The molecule has 186 valence electrons. The summed E-state index contributed by atoms with van der Waals surface area (Å²) in [5, 5.41) is 23.5. The number of aliphatic hydroxyl groups is 2. The zero-order valence-electron chi connectivity index (χ0n) is 17.8. The number of alkyl halides is 3. The zero-order chi connectivity index (χ0) is 24.6. The van der Waals surface area contributed by atoms with Gasteiger partial charge in [-0.1, -0.05) is 12.8 Å². The molecular formula is C19H28F3N5O6. The second-order valence-electron chi connectivity index (χ2n) is 7.65. The van der Waals surface area contributed by atoms with Gasteiger partial charge in [0.2, 0.25) is 5.91 Å². The highest BCUT2D eigenvalue weighted by molar-refractivity contribution is 5.81. The molecule has 1 aromatic rings. The number of aromatic nitrogens is 2. The number of nitrogens with two attached hydrogens (primary N) is 1. The first-order valence-corrected chi connectivity index (χ1v) is 10.5. The number of aliphatic hydroxyl groups excluding tert-OH is 2. The van der Waals surface area contributed by atoms with E-state index in [4.69, 9.17) is 10.5 Å². The van der Waals surface area contributed by atoms with Gasteiger partial charge in [0.05, 0.1) is 19.1 Å². The zero-order valence-corrected chi connectivity index (χ0v) is 17.8. The molecule has 0 bridgehead atoms. The number of rotatable bonds is 11. The van der Waals surface area contributed by atoms with E-state index in [1.807, 2.05) is 0 Å². The number of carbonyl (C=O) groups excluding carboxylic acids is 2. The Balaban J connectivity index is 1.74. The molecule has 0 radical (unpaired) electrons. The molecule has 1 aliphatic rings. The fourth-order valence-electron chi connectivity index (χ4n) is 3.28. The van der Waals surface area contributed by atoms with E-state index in [9.17, 15) is 37.8 Å². The predicted octanol–water partition coefficient (Wildman–Crippen LogP) is -0.636. The highest BCUT2D eigenvalue weighted by Gasteiger charge is 2.38. The van der Waals surface area contributed by atoms with E-state index in [0.29, 0.717) is 32.2 Å². The monoisotopic (exact) mass is 479 g/mol. The second kappa shape index (κ2) is 12.0. The summed E-state index contributed by atoms with van der Waals surface area (Å²) < 4.78 is 42.7. The Morgan fingerprint density at radius 2 is 1.85 bits per heavy atom. The summed E-state index contributed by atoms with van der Waals surface area (Å²) in [5.41, 5.74) is 5.33. The van der Waals surface area contributed by atoms with Gasteiger partial charge in [-0.25, -0.2) is 4.79 Å². The van der Waals surface area contributed by atoms with E-state index < -0.39 is 42.8 Å². The summed E-state index contributed by atoms with van der Waals surface area (Å²) in [6.45, 7) is -0.156. The molecule has 0 unspecified atom stereocenters. The summed E-state index contributed by atoms with van der Waals surface area (Å²) in [4.78, 5) is 38.7. The van der Waals surface area contributed by atoms with Crippen molar-refractivity contribution in [3.8, 4) is 0 Å². The van der Waals surface area contributed by atoms with Crippen molar-refractivity contribution in [1.29, 1.82) is 0 Å². The van der Waals surface area contributed by atoms with Crippen LogP contribution in [0.5, 0.6) is 0 Å². The summed E-state index contributed by atoms with van der Waals surface area (Å²) in [5.74, 6) is -2.44. The van der Waals surface area contributed by atoms with E-state index in [1.165, 1.54) is 6.20 Å².